The number of rotatable bonds is 9. The van der Waals surface area contributed by atoms with Gasteiger partial charge in [-0.05, 0) is 43.5 Å². The minimum absolute atomic E-state index is 0.0321. The molecule has 0 heterocycles. The van der Waals surface area contributed by atoms with E-state index in [-0.39, 0.29) is 5.91 Å². The first-order chi connectivity index (χ1) is 11.2. The van der Waals surface area contributed by atoms with Crippen molar-refractivity contribution in [2.45, 2.75) is 50.4 Å². The Morgan fingerprint density at radius 2 is 1.91 bits per heavy atom. The lowest BCUT2D eigenvalue weighted by Crippen LogP contribution is -2.39. The Bertz CT molecular complexity index is 472. The quantitative estimate of drug-likeness (QED) is 0.699. The molecule has 1 atom stereocenters. The van der Waals surface area contributed by atoms with Gasteiger partial charge in [-0.1, -0.05) is 19.8 Å². The Morgan fingerprint density at radius 3 is 2.52 bits per heavy atom. The number of nitrogens with one attached hydrogen (secondary N) is 1. The second kappa shape index (κ2) is 9.71. The van der Waals surface area contributed by atoms with Crippen molar-refractivity contribution in [1.82, 2.24) is 5.32 Å². The van der Waals surface area contributed by atoms with Gasteiger partial charge in [0.1, 0.15) is 11.5 Å². The van der Waals surface area contributed by atoms with E-state index in [9.17, 15) is 4.79 Å². The Kier molecular flexibility index (Phi) is 7.59. The van der Waals surface area contributed by atoms with Crippen LogP contribution < -0.4 is 14.8 Å². The molecule has 4 nitrogen and oxygen atoms in total. The highest BCUT2D eigenvalue weighted by atomic mass is 32.2. The van der Waals surface area contributed by atoms with Gasteiger partial charge in [-0.25, -0.2) is 0 Å². The molecule has 0 unspecified atom stereocenters. The molecule has 0 saturated heterocycles. The summed E-state index contributed by atoms with van der Waals surface area (Å²) in [5.74, 6) is 2.41. The van der Waals surface area contributed by atoms with Crippen molar-refractivity contribution in [3.8, 4) is 11.5 Å². The van der Waals surface area contributed by atoms with Crippen LogP contribution in [0.1, 0.15) is 39.0 Å². The van der Waals surface area contributed by atoms with E-state index >= 15 is 0 Å². The SMILES string of the molecule is CC[C@@H](Oc1ccc(OC)cc1)C(=O)NCCSC1CCCC1. The average Bonchev–Trinajstić information content (AvgIpc) is 3.10. The molecule has 1 saturated carbocycles. The first kappa shape index (κ1) is 18.0. The second-order valence-electron chi connectivity index (χ2n) is 5.76. The maximum Gasteiger partial charge on any atom is 0.261 e. The Labute approximate surface area is 143 Å². The van der Waals surface area contributed by atoms with Gasteiger partial charge in [0, 0.05) is 17.5 Å². The second-order valence-corrected chi connectivity index (χ2v) is 7.17. The normalized spacial score (nSPS) is 16.1. The Morgan fingerprint density at radius 1 is 1.26 bits per heavy atom. The molecule has 1 fully saturated rings. The maximum absolute atomic E-state index is 12.2. The number of thioether (sulfide) groups is 1. The highest BCUT2D eigenvalue weighted by Crippen LogP contribution is 2.28. The number of carbonyl (C=O) groups is 1. The smallest absolute Gasteiger partial charge is 0.261 e. The van der Waals surface area contributed by atoms with Crippen molar-refractivity contribution in [1.29, 1.82) is 0 Å². The number of amides is 1. The summed E-state index contributed by atoms with van der Waals surface area (Å²) >= 11 is 1.98. The average molecular weight is 337 g/mol. The molecule has 0 radical (unpaired) electrons. The van der Waals surface area contributed by atoms with E-state index in [1.165, 1.54) is 25.7 Å². The van der Waals surface area contributed by atoms with Crippen LogP contribution in [-0.2, 0) is 4.79 Å². The van der Waals surface area contributed by atoms with Crippen LogP contribution in [0.15, 0.2) is 24.3 Å². The largest absolute Gasteiger partial charge is 0.497 e. The number of carbonyl (C=O) groups excluding carboxylic acids is 1. The van der Waals surface area contributed by atoms with Crippen LogP contribution in [-0.4, -0.2) is 36.7 Å². The summed E-state index contributed by atoms with van der Waals surface area (Å²) in [5.41, 5.74) is 0. The van der Waals surface area contributed by atoms with Crippen molar-refractivity contribution in [3.63, 3.8) is 0 Å². The molecule has 1 N–H and O–H groups in total. The van der Waals surface area contributed by atoms with Crippen molar-refractivity contribution in [2.24, 2.45) is 0 Å². The van der Waals surface area contributed by atoms with E-state index in [2.05, 4.69) is 5.32 Å². The monoisotopic (exact) mass is 337 g/mol. The standard InChI is InChI=1S/C18H27NO3S/c1-3-17(22-15-10-8-14(21-2)9-11-15)18(20)19-12-13-23-16-6-4-5-7-16/h8-11,16-17H,3-7,12-13H2,1-2H3,(H,19,20)/t17-/m1/s1. The summed E-state index contributed by atoms with van der Waals surface area (Å²) in [6.07, 6.45) is 5.58. The summed E-state index contributed by atoms with van der Waals surface area (Å²) in [4.78, 5) is 12.2. The van der Waals surface area contributed by atoms with Crippen LogP contribution in [0, 0.1) is 0 Å². The van der Waals surface area contributed by atoms with E-state index < -0.39 is 6.10 Å². The third kappa shape index (κ3) is 5.98. The van der Waals surface area contributed by atoms with E-state index in [4.69, 9.17) is 9.47 Å². The lowest BCUT2D eigenvalue weighted by atomic mass is 10.2. The fourth-order valence-electron chi connectivity index (χ4n) is 2.71. The third-order valence-electron chi connectivity index (χ3n) is 4.06. The molecule has 0 bridgehead atoms. The van der Waals surface area contributed by atoms with Crippen LogP contribution in [0.4, 0.5) is 0 Å². The molecule has 0 aliphatic heterocycles. The topological polar surface area (TPSA) is 47.6 Å². The minimum Gasteiger partial charge on any atom is -0.497 e. The molecule has 128 valence electrons. The third-order valence-corrected chi connectivity index (χ3v) is 5.44. The fourth-order valence-corrected chi connectivity index (χ4v) is 3.93. The number of hydrogen-bond acceptors (Lipinski definition) is 4. The summed E-state index contributed by atoms with van der Waals surface area (Å²) < 4.78 is 10.9. The van der Waals surface area contributed by atoms with Crippen LogP contribution in [0.2, 0.25) is 0 Å². The number of ether oxygens (including phenoxy) is 2. The number of methoxy groups -OCH3 is 1. The first-order valence-electron chi connectivity index (χ1n) is 8.43. The van der Waals surface area contributed by atoms with Gasteiger partial charge in [0.15, 0.2) is 6.10 Å². The predicted octanol–water partition coefficient (Wildman–Crippen LogP) is 3.64. The number of hydrogen-bond donors (Lipinski definition) is 1. The molecular weight excluding hydrogens is 310 g/mol. The van der Waals surface area contributed by atoms with Crippen LogP contribution in [0.3, 0.4) is 0 Å². The van der Waals surface area contributed by atoms with Gasteiger partial charge >= 0.3 is 0 Å². The molecule has 1 aliphatic rings. The molecule has 1 aromatic rings. The van der Waals surface area contributed by atoms with E-state index in [0.29, 0.717) is 18.7 Å². The molecule has 0 aromatic heterocycles. The molecule has 1 aliphatic carbocycles. The maximum atomic E-state index is 12.2. The Hall–Kier alpha value is -1.36. The number of benzene rings is 1. The fraction of sp³-hybridized carbons (Fsp3) is 0.611. The highest BCUT2D eigenvalue weighted by Gasteiger charge is 2.19. The Balaban J connectivity index is 1.71. The molecule has 0 spiro atoms. The van der Waals surface area contributed by atoms with Gasteiger partial charge < -0.3 is 14.8 Å². The molecular formula is C18H27NO3S. The zero-order chi connectivity index (χ0) is 16.5. The van der Waals surface area contributed by atoms with Gasteiger partial charge in [0.25, 0.3) is 5.91 Å². The molecule has 1 aromatic carbocycles. The minimum atomic E-state index is -0.445. The summed E-state index contributed by atoms with van der Waals surface area (Å²) in [7, 11) is 1.63. The molecule has 5 heteroatoms. The predicted molar refractivity (Wildman–Crippen MR) is 95.4 cm³/mol. The summed E-state index contributed by atoms with van der Waals surface area (Å²) in [5, 5.41) is 3.79. The van der Waals surface area contributed by atoms with Gasteiger partial charge in [0.05, 0.1) is 7.11 Å². The molecule has 2 rings (SSSR count). The summed E-state index contributed by atoms with van der Waals surface area (Å²) in [6, 6.07) is 7.31. The van der Waals surface area contributed by atoms with Crippen LogP contribution in [0.5, 0.6) is 11.5 Å². The van der Waals surface area contributed by atoms with Crippen molar-refractivity contribution < 1.29 is 14.3 Å². The van der Waals surface area contributed by atoms with Crippen LogP contribution in [0.25, 0.3) is 0 Å². The van der Waals surface area contributed by atoms with Crippen molar-refractivity contribution in [3.05, 3.63) is 24.3 Å². The van der Waals surface area contributed by atoms with E-state index in [1.807, 2.05) is 43.0 Å². The van der Waals surface area contributed by atoms with Gasteiger partial charge in [-0.3, -0.25) is 4.79 Å². The highest BCUT2D eigenvalue weighted by molar-refractivity contribution is 7.99. The van der Waals surface area contributed by atoms with Crippen LogP contribution >= 0.6 is 11.8 Å². The van der Waals surface area contributed by atoms with E-state index in [1.54, 1.807) is 7.11 Å². The lowest BCUT2D eigenvalue weighted by molar-refractivity contribution is -0.127. The van der Waals surface area contributed by atoms with Crippen molar-refractivity contribution in [2.75, 3.05) is 19.4 Å². The molecule has 23 heavy (non-hydrogen) atoms. The molecule has 1 amide bonds. The van der Waals surface area contributed by atoms with E-state index in [0.717, 1.165) is 16.8 Å². The zero-order valence-electron chi connectivity index (χ0n) is 14.0. The summed E-state index contributed by atoms with van der Waals surface area (Å²) in [6.45, 7) is 2.67. The lowest BCUT2D eigenvalue weighted by Gasteiger charge is -2.17. The van der Waals surface area contributed by atoms with Crippen molar-refractivity contribution >= 4 is 17.7 Å². The zero-order valence-corrected chi connectivity index (χ0v) is 14.9. The van der Waals surface area contributed by atoms with Gasteiger partial charge in [-0.2, -0.15) is 11.8 Å². The van der Waals surface area contributed by atoms with Gasteiger partial charge in [0.2, 0.25) is 0 Å². The first-order valence-corrected chi connectivity index (χ1v) is 9.47. The van der Waals surface area contributed by atoms with Gasteiger partial charge in [-0.15, -0.1) is 0 Å².